The van der Waals surface area contributed by atoms with Crippen LogP contribution in [0.2, 0.25) is 0 Å². The molecule has 2 saturated carbocycles. The fourth-order valence-corrected chi connectivity index (χ4v) is 3.81. The zero-order chi connectivity index (χ0) is 10.6. The topological polar surface area (TPSA) is 44.0 Å². The van der Waals surface area contributed by atoms with Crippen LogP contribution in [-0.2, 0) is 0 Å². The Labute approximate surface area is 85.9 Å². The van der Waals surface area contributed by atoms with Crippen molar-refractivity contribution in [2.45, 2.75) is 45.6 Å². The van der Waals surface area contributed by atoms with Crippen LogP contribution >= 0.6 is 0 Å². The van der Waals surface area contributed by atoms with Gasteiger partial charge in [0, 0.05) is 0 Å². The predicted molar refractivity (Wildman–Crippen MR) is 54.3 cm³/mol. The maximum absolute atomic E-state index is 10.7. The van der Waals surface area contributed by atoms with Crippen molar-refractivity contribution in [2.24, 2.45) is 23.2 Å². The summed E-state index contributed by atoms with van der Waals surface area (Å²) in [7, 11) is 0. The van der Waals surface area contributed by atoms with Gasteiger partial charge in [-0.1, -0.05) is 20.8 Å². The molecule has 2 aliphatic rings. The first-order valence-electron chi connectivity index (χ1n) is 5.55. The molecule has 2 fully saturated rings. The van der Waals surface area contributed by atoms with E-state index in [1.54, 1.807) is 0 Å². The average molecular weight is 193 g/mol. The van der Waals surface area contributed by atoms with Crippen LogP contribution in [-0.4, -0.2) is 10.7 Å². The monoisotopic (exact) mass is 193 g/mol. The maximum Gasteiger partial charge on any atom is 0.0863 e. The lowest BCUT2D eigenvalue weighted by atomic mass is 9.76. The lowest BCUT2D eigenvalue weighted by Crippen LogP contribution is -2.42. The minimum Gasteiger partial charge on any atom is -0.388 e. The molecule has 0 radical (unpaired) electrons. The summed E-state index contributed by atoms with van der Waals surface area (Å²) in [5.74, 6) is 0.466. The highest BCUT2D eigenvalue weighted by Gasteiger charge is 2.62. The molecule has 4 atom stereocenters. The number of nitrogens with zero attached hydrogens (tertiary/aromatic N) is 1. The summed E-state index contributed by atoms with van der Waals surface area (Å²) < 4.78 is 0. The summed E-state index contributed by atoms with van der Waals surface area (Å²) in [6, 6.07) is 2.31. The van der Waals surface area contributed by atoms with Crippen LogP contribution < -0.4 is 0 Å². The summed E-state index contributed by atoms with van der Waals surface area (Å²) in [4.78, 5) is 0. The lowest BCUT2D eigenvalue weighted by molar-refractivity contribution is -0.0468. The molecule has 0 aromatic rings. The van der Waals surface area contributed by atoms with Crippen molar-refractivity contribution in [3.63, 3.8) is 0 Å². The van der Waals surface area contributed by atoms with Crippen molar-refractivity contribution >= 4 is 0 Å². The van der Waals surface area contributed by atoms with Crippen molar-refractivity contribution < 1.29 is 5.11 Å². The molecule has 0 unspecified atom stereocenters. The Morgan fingerprint density at radius 3 is 2.57 bits per heavy atom. The molecule has 0 spiro atoms. The second-order valence-corrected chi connectivity index (χ2v) is 5.79. The van der Waals surface area contributed by atoms with E-state index in [1.165, 1.54) is 0 Å². The van der Waals surface area contributed by atoms with E-state index in [4.69, 9.17) is 5.26 Å². The van der Waals surface area contributed by atoms with Gasteiger partial charge in [0.2, 0.25) is 0 Å². The molecular formula is C12H19NO. The van der Waals surface area contributed by atoms with Gasteiger partial charge < -0.3 is 5.11 Å². The van der Waals surface area contributed by atoms with Crippen LogP contribution in [0.5, 0.6) is 0 Å². The number of aliphatic hydroxyl groups is 1. The van der Waals surface area contributed by atoms with Gasteiger partial charge in [0.1, 0.15) is 0 Å². The highest BCUT2D eigenvalue weighted by atomic mass is 16.3. The number of rotatable bonds is 0. The maximum atomic E-state index is 10.7. The Morgan fingerprint density at radius 1 is 1.36 bits per heavy atom. The predicted octanol–water partition coefficient (Wildman–Crippen LogP) is 2.33. The molecule has 0 aromatic carbocycles. The Bertz CT molecular complexity index is 291. The average Bonchev–Trinajstić information content (AvgIpc) is 2.50. The first-order chi connectivity index (χ1) is 6.43. The van der Waals surface area contributed by atoms with E-state index >= 15 is 0 Å². The largest absolute Gasteiger partial charge is 0.388 e. The minimum absolute atomic E-state index is 0.139. The molecule has 0 heterocycles. The molecule has 0 aliphatic heterocycles. The van der Waals surface area contributed by atoms with Crippen LogP contribution in [0.1, 0.15) is 40.0 Å². The van der Waals surface area contributed by atoms with Crippen LogP contribution in [0.3, 0.4) is 0 Å². The second-order valence-electron chi connectivity index (χ2n) is 5.79. The van der Waals surface area contributed by atoms with E-state index in [9.17, 15) is 5.11 Å². The van der Waals surface area contributed by atoms with Gasteiger partial charge in [0.15, 0.2) is 0 Å². The highest BCUT2D eigenvalue weighted by Crippen LogP contribution is 2.61. The molecule has 1 N–H and O–H groups in total. The molecule has 0 aromatic heterocycles. The van der Waals surface area contributed by atoms with Crippen molar-refractivity contribution in [1.29, 1.82) is 5.26 Å². The van der Waals surface area contributed by atoms with Crippen LogP contribution in [0.25, 0.3) is 0 Å². The van der Waals surface area contributed by atoms with E-state index < -0.39 is 5.60 Å². The van der Waals surface area contributed by atoms with Gasteiger partial charge >= 0.3 is 0 Å². The van der Waals surface area contributed by atoms with Crippen molar-refractivity contribution in [3.8, 4) is 6.07 Å². The number of hydrogen-bond acceptors (Lipinski definition) is 2. The molecule has 14 heavy (non-hydrogen) atoms. The first kappa shape index (κ1) is 9.98. The van der Waals surface area contributed by atoms with E-state index in [0.717, 1.165) is 19.3 Å². The van der Waals surface area contributed by atoms with Crippen molar-refractivity contribution in [2.75, 3.05) is 0 Å². The lowest BCUT2D eigenvalue weighted by Gasteiger charge is -2.33. The van der Waals surface area contributed by atoms with Gasteiger partial charge in [-0.15, -0.1) is 0 Å². The first-order valence-corrected chi connectivity index (χ1v) is 5.55. The van der Waals surface area contributed by atoms with E-state index in [2.05, 4.69) is 26.8 Å². The zero-order valence-corrected chi connectivity index (χ0v) is 9.25. The van der Waals surface area contributed by atoms with Gasteiger partial charge in [0.25, 0.3) is 0 Å². The Balaban J connectivity index is 2.42. The van der Waals surface area contributed by atoms with Gasteiger partial charge in [-0.2, -0.15) is 5.26 Å². The minimum atomic E-state index is -0.696. The van der Waals surface area contributed by atoms with Gasteiger partial charge in [-0.3, -0.25) is 0 Å². The van der Waals surface area contributed by atoms with Crippen molar-refractivity contribution in [1.82, 2.24) is 0 Å². The summed E-state index contributed by atoms with van der Waals surface area (Å²) in [6.45, 7) is 6.47. The summed E-state index contributed by atoms with van der Waals surface area (Å²) in [5, 5.41) is 19.8. The fourth-order valence-electron chi connectivity index (χ4n) is 3.81. The summed E-state index contributed by atoms with van der Waals surface area (Å²) in [6.07, 6.45) is 3.01. The number of hydrogen-bond donors (Lipinski definition) is 1. The molecule has 2 aliphatic carbocycles. The second kappa shape index (κ2) is 2.73. The third-order valence-electron chi connectivity index (χ3n) is 4.62. The zero-order valence-electron chi connectivity index (χ0n) is 9.25. The summed E-state index contributed by atoms with van der Waals surface area (Å²) in [5.41, 5.74) is -0.557. The standard InChI is InChI=1S/C12H19NO/c1-8-4-5-10-11(2,3)6-9(7-13)12(8,10)14/h8-10,14H,4-6H2,1-3H3/t8-,9-,10+,12+/m1/s1. The normalized spacial score (nSPS) is 50.1. The quantitative estimate of drug-likeness (QED) is 0.641. The third kappa shape index (κ3) is 0.995. The van der Waals surface area contributed by atoms with Crippen LogP contribution in [0.15, 0.2) is 0 Å². The molecule has 0 amide bonds. The van der Waals surface area contributed by atoms with Crippen molar-refractivity contribution in [3.05, 3.63) is 0 Å². The molecule has 2 heteroatoms. The Kier molecular flexibility index (Phi) is 1.95. The Morgan fingerprint density at radius 2 is 2.00 bits per heavy atom. The SMILES string of the molecule is C[C@@H]1CC[C@H]2C(C)(C)C[C@H](C#N)[C@@]12O. The number of fused-ring (bicyclic) bond motifs is 1. The molecule has 0 bridgehead atoms. The van der Waals surface area contributed by atoms with E-state index in [1.807, 2.05) is 0 Å². The molecule has 0 saturated heterocycles. The molecule has 78 valence electrons. The smallest absolute Gasteiger partial charge is 0.0863 e. The number of nitriles is 1. The summed E-state index contributed by atoms with van der Waals surface area (Å²) >= 11 is 0. The van der Waals surface area contributed by atoms with Gasteiger partial charge in [-0.05, 0) is 36.5 Å². The van der Waals surface area contributed by atoms with Gasteiger partial charge in [-0.25, -0.2) is 0 Å². The fraction of sp³-hybridized carbons (Fsp3) is 0.917. The van der Waals surface area contributed by atoms with E-state index in [-0.39, 0.29) is 11.3 Å². The molecule has 2 nitrogen and oxygen atoms in total. The van der Waals surface area contributed by atoms with Crippen LogP contribution in [0, 0.1) is 34.5 Å². The molecular weight excluding hydrogens is 174 g/mol. The van der Waals surface area contributed by atoms with Gasteiger partial charge in [0.05, 0.1) is 17.6 Å². The third-order valence-corrected chi connectivity index (χ3v) is 4.62. The molecule has 2 rings (SSSR count). The van der Waals surface area contributed by atoms with Crippen LogP contribution in [0.4, 0.5) is 0 Å². The Hall–Kier alpha value is -0.550. The van der Waals surface area contributed by atoms with E-state index in [0.29, 0.717) is 11.8 Å². The highest BCUT2D eigenvalue weighted by molar-refractivity contribution is 5.17.